The van der Waals surface area contributed by atoms with Crippen LogP contribution in [0, 0.1) is 0 Å². The van der Waals surface area contributed by atoms with E-state index >= 15 is 0 Å². The van der Waals surface area contributed by atoms with Crippen molar-refractivity contribution in [3.63, 3.8) is 0 Å². The van der Waals surface area contributed by atoms with Crippen molar-refractivity contribution in [3.8, 4) is 5.75 Å². The minimum absolute atomic E-state index is 0.0579. The molecule has 0 heterocycles. The summed E-state index contributed by atoms with van der Waals surface area (Å²) < 4.78 is 10.2. The van der Waals surface area contributed by atoms with Gasteiger partial charge in [-0.3, -0.25) is 4.79 Å². The Bertz CT molecular complexity index is 591. The number of amides is 1. The molecule has 2 aromatic rings. The number of ether oxygens (including phenoxy) is 2. The molecule has 2 aromatic carbocycles. The van der Waals surface area contributed by atoms with E-state index in [-0.39, 0.29) is 5.91 Å². The molecule has 2 rings (SSSR count). The maximum Gasteiger partial charge on any atom is 0.251 e. The Kier molecular flexibility index (Phi) is 5.98. The molecule has 1 N–H and O–H groups in total. The van der Waals surface area contributed by atoms with Crippen LogP contribution in [0.15, 0.2) is 48.5 Å². The molecule has 0 bridgehead atoms. The van der Waals surface area contributed by atoms with Crippen molar-refractivity contribution in [2.75, 3.05) is 20.8 Å². The molecule has 0 aliphatic heterocycles. The normalized spacial score (nSPS) is 10.3. The number of methoxy groups -OCH3 is 2. The highest BCUT2D eigenvalue weighted by atomic mass is 16.5. The average molecular weight is 299 g/mol. The van der Waals surface area contributed by atoms with Gasteiger partial charge >= 0.3 is 0 Å². The van der Waals surface area contributed by atoms with Crippen molar-refractivity contribution >= 4 is 5.91 Å². The molecule has 4 nitrogen and oxygen atoms in total. The number of benzene rings is 2. The molecule has 116 valence electrons. The first-order valence-electron chi connectivity index (χ1n) is 7.22. The number of nitrogens with one attached hydrogen (secondary N) is 1. The third-order valence-electron chi connectivity index (χ3n) is 3.39. The summed E-state index contributed by atoms with van der Waals surface area (Å²) in [6.07, 6.45) is 0.789. The fourth-order valence-electron chi connectivity index (χ4n) is 2.13. The second-order valence-corrected chi connectivity index (χ2v) is 4.98. The summed E-state index contributed by atoms with van der Waals surface area (Å²) in [5.41, 5.74) is 2.88. The fraction of sp³-hybridized carbons (Fsp3) is 0.278. The van der Waals surface area contributed by atoms with Crippen molar-refractivity contribution in [2.24, 2.45) is 0 Å². The van der Waals surface area contributed by atoms with Crippen LogP contribution in [0.5, 0.6) is 5.75 Å². The van der Waals surface area contributed by atoms with Crippen LogP contribution in [0.25, 0.3) is 0 Å². The van der Waals surface area contributed by atoms with E-state index in [9.17, 15) is 4.79 Å². The Morgan fingerprint density at radius 3 is 2.18 bits per heavy atom. The van der Waals surface area contributed by atoms with Gasteiger partial charge in [-0.1, -0.05) is 24.3 Å². The van der Waals surface area contributed by atoms with E-state index in [1.165, 1.54) is 0 Å². The Balaban J connectivity index is 1.81. The van der Waals surface area contributed by atoms with E-state index in [2.05, 4.69) is 5.32 Å². The molecule has 0 atom stereocenters. The Hall–Kier alpha value is -2.33. The Labute approximate surface area is 131 Å². The molecule has 4 heteroatoms. The molecule has 0 aliphatic rings. The van der Waals surface area contributed by atoms with Crippen LogP contribution < -0.4 is 10.1 Å². The highest BCUT2D eigenvalue weighted by Crippen LogP contribution is 2.11. The molecule has 1 amide bonds. The first-order chi connectivity index (χ1) is 10.7. The topological polar surface area (TPSA) is 47.6 Å². The van der Waals surface area contributed by atoms with E-state index < -0.39 is 0 Å². The monoisotopic (exact) mass is 299 g/mol. The van der Waals surface area contributed by atoms with E-state index in [0.717, 1.165) is 23.3 Å². The zero-order valence-electron chi connectivity index (χ0n) is 13.0. The van der Waals surface area contributed by atoms with Gasteiger partial charge in [-0.05, 0) is 41.8 Å². The summed E-state index contributed by atoms with van der Waals surface area (Å²) in [7, 11) is 3.30. The predicted molar refractivity (Wildman–Crippen MR) is 86.2 cm³/mol. The van der Waals surface area contributed by atoms with Crippen molar-refractivity contribution in [1.82, 2.24) is 5.32 Å². The summed E-state index contributed by atoms with van der Waals surface area (Å²) in [6.45, 7) is 1.16. The van der Waals surface area contributed by atoms with Crippen LogP contribution in [0.4, 0.5) is 0 Å². The zero-order valence-corrected chi connectivity index (χ0v) is 13.0. The third-order valence-corrected chi connectivity index (χ3v) is 3.39. The summed E-state index contributed by atoms with van der Waals surface area (Å²) in [5, 5.41) is 2.93. The van der Waals surface area contributed by atoms with E-state index in [4.69, 9.17) is 9.47 Å². The molecule has 0 aliphatic carbocycles. The van der Waals surface area contributed by atoms with E-state index in [1.54, 1.807) is 14.2 Å². The van der Waals surface area contributed by atoms with E-state index in [1.807, 2.05) is 48.5 Å². The summed E-state index contributed by atoms with van der Waals surface area (Å²) in [6, 6.07) is 15.3. The molecule has 0 fully saturated rings. The van der Waals surface area contributed by atoms with E-state index in [0.29, 0.717) is 18.7 Å². The minimum atomic E-state index is -0.0579. The highest BCUT2D eigenvalue weighted by Gasteiger charge is 2.05. The first kappa shape index (κ1) is 16.0. The lowest BCUT2D eigenvalue weighted by Crippen LogP contribution is -2.25. The molecule has 0 aromatic heterocycles. The number of carbonyl (C=O) groups is 1. The molecular weight excluding hydrogens is 278 g/mol. The lowest BCUT2D eigenvalue weighted by atomic mass is 10.1. The lowest BCUT2D eigenvalue weighted by Gasteiger charge is -2.07. The van der Waals surface area contributed by atoms with Gasteiger partial charge in [0, 0.05) is 19.2 Å². The van der Waals surface area contributed by atoms with Crippen LogP contribution in [-0.2, 0) is 17.8 Å². The van der Waals surface area contributed by atoms with Crippen LogP contribution >= 0.6 is 0 Å². The van der Waals surface area contributed by atoms with Crippen LogP contribution in [0.3, 0.4) is 0 Å². The highest BCUT2D eigenvalue weighted by molar-refractivity contribution is 5.94. The van der Waals surface area contributed by atoms with Crippen LogP contribution in [-0.4, -0.2) is 26.7 Å². The van der Waals surface area contributed by atoms with Gasteiger partial charge < -0.3 is 14.8 Å². The van der Waals surface area contributed by atoms with Gasteiger partial charge in [-0.25, -0.2) is 0 Å². The molecule has 0 spiro atoms. The zero-order chi connectivity index (χ0) is 15.8. The van der Waals surface area contributed by atoms with Gasteiger partial charge in [0.2, 0.25) is 0 Å². The van der Waals surface area contributed by atoms with Crippen LogP contribution in [0.2, 0.25) is 0 Å². The van der Waals surface area contributed by atoms with Crippen molar-refractivity contribution < 1.29 is 14.3 Å². The second-order valence-electron chi connectivity index (χ2n) is 4.98. The maximum atomic E-state index is 12.0. The third kappa shape index (κ3) is 4.60. The van der Waals surface area contributed by atoms with Gasteiger partial charge in [0.1, 0.15) is 5.75 Å². The molecule has 0 radical (unpaired) electrons. The number of rotatable bonds is 7. The van der Waals surface area contributed by atoms with Gasteiger partial charge in [0.25, 0.3) is 5.91 Å². The summed E-state index contributed by atoms with van der Waals surface area (Å²) >= 11 is 0. The van der Waals surface area contributed by atoms with Gasteiger partial charge in [-0.2, -0.15) is 0 Å². The Morgan fingerprint density at radius 2 is 1.59 bits per heavy atom. The van der Waals surface area contributed by atoms with Crippen molar-refractivity contribution in [2.45, 2.75) is 13.0 Å². The lowest BCUT2D eigenvalue weighted by molar-refractivity contribution is 0.0954. The van der Waals surface area contributed by atoms with Gasteiger partial charge in [0.05, 0.1) is 13.7 Å². The molecular formula is C18H21NO3. The number of carbonyl (C=O) groups excluding carboxylic acids is 1. The quantitative estimate of drug-likeness (QED) is 0.855. The Morgan fingerprint density at radius 1 is 0.955 bits per heavy atom. The fourth-order valence-corrected chi connectivity index (χ4v) is 2.13. The summed E-state index contributed by atoms with van der Waals surface area (Å²) in [4.78, 5) is 12.0. The molecule has 22 heavy (non-hydrogen) atoms. The predicted octanol–water partition coefficient (Wildman–Crippen LogP) is 2.81. The molecule has 0 saturated heterocycles. The average Bonchev–Trinajstić information content (AvgIpc) is 2.56. The SMILES string of the molecule is COCc1ccc(C(=O)NCCc2ccc(OC)cc2)cc1. The van der Waals surface area contributed by atoms with Gasteiger partial charge in [0.15, 0.2) is 0 Å². The van der Waals surface area contributed by atoms with Crippen LogP contribution in [0.1, 0.15) is 21.5 Å². The number of hydrogen-bond acceptors (Lipinski definition) is 3. The maximum absolute atomic E-state index is 12.0. The van der Waals surface area contributed by atoms with Crippen molar-refractivity contribution in [1.29, 1.82) is 0 Å². The smallest absolute Gasteiger partial charge is 0.251 e. The van der Waals surface area contributed by atoms with Gasteiger partial charge in [-0.15, -0.1) is 0 Å². The standard InChI is InChI=1S/C18H21NO3/c1-21-13-15-3-7-16(8-4-15)18(20)19-12-11-14-5-9-17(22-2)10-6-14/h3-10H,11-13H2,1-2H3,(H,19,20). The summed E-state index contributed by atoms with van der Waals surface area (Å²) in [5.74, 6) is 0.779. The largest absolute Gasteiger partial charge is 0.497 e. The first-order valence-corrected chi connectivity index (χ1v) is 7.22. The molecule has 0 unspecified atom stereocenters. The number of hydrogen-bond donors (Lipinski definition) is 1. The van der Waals surface area contributed by atoms with Crippen molar-refractivity contribution in [3.05, 3.63) is 65.2 Å². The minimum Gasteiger partial charge on any atom is -0.497 e. The second kappa shape index (κ2) is 8.20. The molecule has 0 saturated carbocycles.